The molecule has 0 saturated carbocycles. The van der Waals surface area contributed by atoms with Gasteiger partial charge in [-0.15, -0.1) is 0 Å². The first-order valence-corrected chi connectivity index (χ1v) is 10.1. The van der Waals surface area contributed by atoms with E-state index < -0.39 is 0 Å². The van der Waals surface area contributed by atoms with Crippen LogP contribution in [0.1, 0.15) is 57.6 Å². The average molecular weight is 374 g/mol. The van der Waals surface area contributed by atoms with Crippen LogP contribution in [0.3, 0.4) is 0 Å². The third-order valence-electron chi connectivity index (χ3n) is 4.52. The first kappa shape index (κ1) is 25.1. The molecular formula is C23H39N3O. The third kappa shape index (κ3) is 9.55. The summed E-state index contributed by atoms with van der Waals surface area (Å²) in [5.41, 5.74) is 9.72. The van der Waals surface area contributed by atoms with E-state index in [1.54, 1.807) is 0 Å². The molecule has 4 nitrogen and oxygen atoms in total. The van der Waals surface area contributed by atoms with Gasteiger partial charge >= 0.3 is 0 Å². The van der Waals surface area contributed by atoms with E-state index in [-0.39, 0.29) is 0 Å². The molecule has 1 aromatic carbocycles. The van der Waals surface area contributed by atoms with Gasteiger partial charge < -0.3 is 16.0 Å². The number of allylic oxidation sites excluding steroid dienone is 2. The molecule has 1 aromatic rings. The fourth-order valence-corrected chi connectivity index (χ4v) is 2.97. The van der Waals surface area contributed by atoms with Crippen LogP contribution in [0.25, 0.3) is 0 Å². The molecule has 3 N–H and O–H groups in total. The fourth-order valence-electron chi connectivity index (χ4n) is 2.97. The number of carbonyl (C=O) groups excluding carboxylic acids is 1. The molecule has 0 spiro atoms. The highest BCUT2D eigenvalue weighted by Crippen LogP contribution is 2.27. The highest BCUT2D eigenvalue weighted by molar-refractivity contribution is 5.78. The van der Waals surface area contributed by atoms with Gasteiger partial charge in [0.05, 0.1) is 0 Å². The van der Waals surface area contributed by atoms with E-state index in [1.807, 2.05) is 33.8 Å². The van der Waals surface area contributed by atoms with Crippen molar-refractivity contribution >= 4 is 6.29 Å². The summed E-state index contributed by atoms with van der Waals surface area (Å²) in [6.07, 6.45) is 5.15. The number of nitrogens with zero attached hydrogens (tertiary/aromatic N) is 1. The second-order valence-corrected chi connectivity index (χ2v) is 6.40. The smallest absolute Gasteiger partial charge is 0.151 e. The maximum absolute atomic E-state index is 10.2. The largest absolute Gasteiger partial charge is 0.385 e. The van der Waals surface area contributed by atoms with Crippen molar-refractivity contribution in [1.82, 2.24) is 10.2 Å². The summed E-state index contributed by atoms with van der Waals surface area (Å²) in [5, 5.41) is 3.01. The lowest BCUT2D eigenvalue weighted by atomic mass is 9.89. The molecule has 1 saturated heterocycles. The van der Waals surface area contributed by atoms with E-state index >= 15 is 0 Å². The number of rotatable bonds is 6. The molecule has 1 aliphatic heterocycles. The Morgan fingerprint density at radius 1 is 1.33 bits per heavy atom. The Kier molecular flexibility index (Phi) is 14.1. The van der Waals surface area contributed by atoms with Gasteiger partial charge in [0.2, 0.25) is 0 Å². The van der Waals surface area contributed by atoms with Gasteiger partial charge in [-0.1, -0.05) is 50.8 Å². The van der Waals surface area contributed by atoms with Crippen LogP contribution in [0, 0.1) is 0 Å². The number of nitrogens with two attached hydrogens (primary N) is 1. The molecule has 27 heavy (non-hydrogen) atoms. The zero-order valence-corrected chi connectivity index (χ0v) is 17.9. The van der Waals surface area contributed by atoms with Gasteiger partial charge in [-0.2, -0.15) is 0 Å². The van der Waals surface area contributed by atoms with Crippen LogP contribution in [-0.4, -0.2) is 37.9 Å². The van der Waals surface area contributed by atoms with Crippen LogP contribution < -0.4 is 11.1 Å². The number of carbonyl (C=O) groups is 1. The Labute approximate surface area is 166 Å². The van der Waals surface area contributed by atoms with Crippen LogP contribution in [-0.2, 0) is 11.3 Å². The van der Waals surface area contributed by atoms with Crippen molar-refractivity contribution in [3.8, 4) is 0 Å². The number of piperidine rings is 1. The lowest BCUT2D eigenvalue weighted by Gasteiger charge is -2.29. The molecule has 2 rings (SSSR count). The minimum Gasteiger partial charge on any atom is -0.385 e. The summed E-state index contributed by atoms with van der Waals surface area (Å²) in [7, 11) is 2.20. The quantitative estimate of drug-likeness (QED) is 0.445. The molecule has 0 bridgehead atoms. The lowest BCUT2D eigenvalue weighted by molar-refractivity contribution is -0.104. The molecule has 1 fully saturated rings. The Hall–Kier alpha value is -1.91. The molecule has 0 aromatic heterocycles. The van der Waals surface area contributed by atoms with E-state index in [1.165, 1.54) is 37.1 Å². The number of hydrogen-bond acceptors (Lipinski definition) is 4. The fraction of sp³-hybridized carbons (Fsp3) is 0.522. The summed E-state index contributed by atoms with van der Waals surface area (Å²) in [6, 6.07) is 8.76. The highest BCUT2D eigenvalue weighted by atomic mass is 16.1. The Bertz CT molecular complexity index is 573. The second-order valence-electron chi connectivity index (χ2n) is 6.40. The summed E-state index contributed by atoms with van der Waals surface area (Å²) in [5.74, 6) is 0.743. The van der Waals surface area contributed by atoms with Crippen LogP contribution >= 0.6 is 0 Å². The number of likely N-dealkylation sites (N-methyl/N-ethyl adjacent to an activating group) is 1. The molecule has 4 heteroatoms. The maximum Gasteiger partial charge on any atom is 0.151 e. The van der Waals surface area contributed by atoms with Gasteiger partial charge in [-0.05, 0) is 63.9 Å². The van der Waals surface area contributed by atoms with Gasteiger partial charge in [0.15, 0.2) is 6.29 Å². The molecule has 0 unspecified atom stereocenters. The van der Waals surface area contributed by atoms with Gasteiger partial charge in [0.25, 0.3) is 0 Å². The Balaban J connectivity index is 0.000000495. The van der Waals surface area contributed by atoms with E-state index in [2.05, 4.69) is 48.1 Å². The van der Waals surface area contributed by atoms with Crippen molar-refractivity contribution < 1.29 is 4.79 Å². The van der Waals surface area contributed by atoms with Gasteiger partial charge in [-0.25, -0.2) is 0 Å². The topological polar surface area (TPSA) is 58.4 Å². The predicted octanol–water partition coefficient (Wildman–Crippen LogP) is 4.24. The van der Waals surface area contributed by atoms with E-state index in [0.717, 1.165) is 24.4 Å². The summed E-state index contributed by atoms with van der Waals surface area (Å²) < 4.78 is 0. The molecular weight excluding hydrogens is 334 g/mol. The van der Waals surface area contributed by atoms with E-state index in [4.69, 9.17) is 5.73 Å². The standard InChI is InChI=1S/C13H20N2.C8H13NO.C2H6/c1-15-7-5-12(6-8-15)13-4-2-3-11(9-13)10-14;1-4-8(9-5-2)7(3)6-10;1-2/h2-4,9,12H,5-8,10,14H2,1H3;4,6,9H,3,5H2,1-2H3;1-2H3/b;8-4+;. The summed E-state index contributed by atoms with van der Waals surface area (Å²) >= 11 is 0. The van der Waals surface area contributed by atoms with E-state index in [0.29, 0.717) is 12.1 Å². The monoisotopic (exact) mass is 373 g/mol. The van der Waals surface area contributed by atoms with Crippen molar-refractivity contribution in [2.24, 2.45) is 5.73 Å². The van der Waals surface area contributed by atoms with Crippen molar-refractivity contribution in [3.63, 3.8) is 0 Å². The lowest BCUT2D eigenvalue weighted by Crippen LogP contribution is -2.29. The number of aldehydes is 1. The molecule has 0 atom stereocenters. The maximum atomic E-state index is 10.2. The number of benzene rings is 1. The first-order valence-electron chi connectivity index (χ1n) is 10.1. The van der Waals surface area contributed by atoms with Gasteiger partial charge in [0, 0.05) is 24.4 Å². The minimum absolute atomic E-state index is 0.504. The molecule has 152 valence electrons. The Morgan fingerprint density at radius 3 is 2.44 bits per heavy atom. The predicted molar refractivity (Wildman–Crippen MR) is 118 cm³/mol. The molecule has 0 radical (unpaired) electrons. The van der Waals surface area contributed by atoms with Crippen molar-refractivity contribution in [3.05, 3.63) is 59.3 Å². The normalized spacial score (nSPS) is 15.0. The van der Waals surface area contributed by atoms with Crippen LogP contribution in [0.5, 0.6) is 0 Å². The Morgan fingerprint density at radius 2 is 1.96 bits per heavy atom. The summed E-state index contributed by atoms with van der Waals surface area (Å²) in [4.78, 5) is 12.6. The number of likely N-dealkylation sites (tertiary alicyclic amines) is 1. The third-order valence-corrected chi connectivity index (χ3v) is 4.52. The highest BCUT2D eigenvalue weighted by Gasteiger charge is 2.18. The van der Waals surface area contributed by atoms with Crippen LogP contribution in [0.15, 0.2) is 48.2 Å². The first-order chi connectivity index (χ1) is 13.0. The van der Waals surface area contributed by atoms with Crippen LogP contribution in [0.2, 0.25) is 0 Å². The van der Waals surface area contributed by atoms with Crippen LogP contribution in [0.4, 0.5) is 0 Å². The van der Waals surface area contributed by atoms with Gasteiger partial charge in [-0.3, -0.25) is 4.79 Å². The number of hydrogen-bond donors (Lipinski definition) is 2. The van der Waals surface area contributed by atoms with Crippen molar-refractivity contribution in [2.45, 2.75) is 53.0 Å². The second kappa shape index (κ2) is 15.2. The minimum atomic E-state index is 0.504. The molecule has 0 aliphatic carbocycles. The van der Waals surface area contributed by atoms with Crippen molar-refractivity contribution in [2.75, 3.05) is 26.7 Å². The molecule has 0 amide bonds. The zero-order chi connectivity index (χ0) is 20.7. The summed E-state index contributed by atoms with van der Waals surface area (Å²) in [6.45, 7) is 15.3. The van der Waals surface area contributed by atoms with Gasteiger partial charge in [0.1, 0.15) is 0 Å². The van der Waals surface area contributed by atoms with E-state index in [9.17, 15) is 4.79 Å². The molecule has 1 heterocycles. The average Bonchev–Trinajstić information content (AvgIpc) is 2.74. The SMILES string of the molecule is C=C(C=O)/C(=C\C)NCC.CC.CN1CCC(c2cccc(CN)c2)CC1. The zero-order valence-electron chi connectivity index (χ0n) is 17.9. The van der Waals surface area contributed by atoms with Crippen molar-refractivity contribution in [1.29, 1.82) is 0 Å². The number of nitrogens with one attached hydrogen (secondary N) is 1. The molecule has 1 aliphatic rings.